The molecule has 0 aromatic heterocycles. The zero-order valence-corrected chi connectivity index (χ0v) is 27.3. The van der Waals surface area contributed by atoms with Crippen LogP contribution in [0.25, 0.3) is 0 Å². The van der Waals surface area contributed by atoms with Gasteiger partial charge in [-0.05, 0) is 50.2 Å². The zero-order chi connectivity index (χ0) is 30.4. The number of hydrogen-bond acceptors (Lipinski definition) is 5. The van der Waals surface area contributed by atoms with Crippen molar-refractivity contribution < 1.29 is 16.8 Å². The average Bonchev–Trinajstić information content (AvgIpc) is 2.90. The molecule has 3 aromatic rings. The van der Waals surface area contributed by atoms with E-state index in [9.17, 15) is 16.8 Å². The molecular formula is C26H21Cl6N3O4S2. The van der Waals surface area contributed by atoms with Gasteiger partial charge in [0.25, 0.3) is 10.0 Å². The van der Waals surface area contributed by atoms with Crippen LogP contribution in [0.4, 0.5) is 5.69 Å². The molecule has 0 aliphatic heterocycles. The van der Waals surface area contributed by atoms with Gasteiger partial charge in [0.05, 0.1) is 19.9 Å². The van der Waals surface area contributed by atoms with E-state index in [2.05, 4.69) is 14.4 Å². The predicted octanol–water partition coefficient (Wildman–Crippen LogP) is 7.27. The molecule has 0 fully saturated rings. The standard InChI is InChI=1S/C26H21Cl6N3O4S2/c1-16-8-12-19(13-9-16)40(36,37)34-23-21(27)22(28)25(26(31,32)24(23,29)30,33-18-6-4-3-5-7-18)35-41(38,39)20-14-10-17(2)11-15-20/h3-15,33,35H,1-2H3/b34-23+. The maximum Gasteiger partial charge on any atom is 0.282 e. The van der Waals surface area contributed by atoms with Crippen molar-refractivity contribution in [2.45, 2.75) is 38.0 Å². The smallest absolute Gasteiger partial charge is 0.282 e. The lowest BCUT2D eigenvalue weighted by molar-refractivity contribution is 0.442. The number of aryl methyl sites for hydroxylation is 2. The summed E-state index contributed by atoms with van der Waals surface area (Å²) in [6.45, 7) is 3.56. The van der Waals surface area contributed by atoms with Gasteiger partial charge in [-0.1, -0.05) is 123 Å². The van der Waals surface area contributed by atoms with Crippen LogP contribution in [-0.2, 0) is 20.0 Å². The second kappa shape index (κ2) is 11.5. The molecule has 0 bridgehead atoms. The number of rotatable bonds is 7. The lowest BCUT2D eigenvalue weighted by Crippen LogP contribution is -2.73. The molecule has 0 amide bonds. The first-order valence-corrected chi connectivity index (χ1v) is 16.8. The average molecular weight is 716 g/mol. The van der Waals surface area contributed by atoms with Crippen molar-refractivity contribution in [3.05, 3.63) is 100 Å². The van der Waals surface area contributed by atoms with E-state index < -0.39 is 50.2 Å². The van der Waals surface area contributed by atoms with E-state index in [0.29, 0.717) is 0 Å². The van der Waals surface area contributed by atoms with Gasteiger partial charge < -0.3 is 5.32 Å². The fourth-order valence-electron chi connectivity index (χ4n) is 3.89. The second-order valence-electron chi connectivity index (χ2n) is 9.16. The summed E-state index contributed by atoms with van der Waals surface area (Å²) >= 11 is 40.5. The third-order valence-corrected chi connectivity index (χ3v) is 12.3. The van der Waals surface area contributed by atoms with Crippen molar-refractivity contribution in [3.8, 4) is 0 Å². The molecule has 0 spiro atoms. The van der Waals surface area contributed by atoms with Crippen molar-refractivity contribution in [1.82, 2.24) is 4.72 Å². The second-order valence-corrected chi connectivity index (χ2v) is 15.9. The Morgan fingerprint density at radius 2 is 1.20 bits per heavy atom. The minimum atomic E-state index is -4.47. The van der Waals surface area contributed by atoms with Gasteiger partial charge in [-0.2, -0.15) is 17.5 Å². The highest BCUT2D eigenvalue weighted by molar-refractivity contribution is 7.90. The minimum absolute atomic E-state index is 0.168. The summed E-state index contributed by atoms with van der Waals surface area (Å²) in [5.41, 5.74) is -1.27. The van der Waals surface area contributed by atoms with Crippen LogP contribution in [0.3, 0.4) is 0 Å². The topological polar surface area (TPSA) is 105 Å². The van der Waals surface area contributed by atoms with Crippen molar-refractivity contribution in [1.29, 1.82) is 0 Å². The number of halogens is 6. The summed E-state index contributed by atoms with van der Waals surface area (Å²) in [6.07, 6.45) is 0. The quantitative estimate of drug-likeness (QED) is 0.198. The molecule has 1 unspecified atom stereocenters. The Morgan fingerprint density at radius 3 is 1.71 bits per heavy atom. The third-order valence-electron chi connectivity index (χ3n) is 6.15. The Labute approximate surface area is 268 Å². The molecular weight excluding hydrogens is 695 g/mol. The molecule has 1 aliphatic rings. The van der Waals surface area contributed by atoms with E-state index >= 15 is 0 Å². The highest BCUT2D eigenvalue weighted by Crippen LogP contribution is 2.59. The van der Waals surface area contributed by atoms with Gasteiger partial charge in [0.1, 0.15) is 5.71 Å². The first kappa shape index (κ1) is 32.4. The fraction of sp³-hybridized carbons (Fsp3) is 0.192. The van der Waals surface area contributed by atoms with Crippen LogP contribution in [0.15, 0.2) is 103 Å². The molecule has 0 saturated carbocycles. The van der Waals surface area contributed by atoms with Gasteiger partial charge in [0.2, 0.25) is 10.0 Å². The van der Waals surface area contributed by atoms with Crippen molar-refractivity contribution in [2.75, 3.05) is 5.32 Å². The predicted molar refractivity (Wildman–Crippen MR) is 168 cm³/mol. The molecule has 41 heavy (non-hydrogen) atoms. The Bertz CT molecular complexity index is 1740. The molecule has 0 heterocycles. The Kier molecular flexibility index (Phi) is 9.10. The van der Waals surface area contributed by atoms with E-state index in [1.54, 1.807) is 68.4 Å². The van der Waals surface area contributed by atoms with E-state index in [1.807, 2.05) is 0 Å². The van der Waals surface area contributed by atoms with Crippen LogP contribution in [0.1, 0.15) is 11.1 Å². The number of anilines is 1. The summed E-state index contributed by atoms with van der Waals surface area (Å²) in [5, 5.41) is 1.71. The number of benzene rings is 3. The van der Waals surface area contributed by atoms with Crippen LogP contribution in [-0.4, -0.2) is 36.9 Å². The molecule has 0 radical (unpaired) electrons. The van der Waals surface area contributed by atoms with Crippen LogP contribution in [0.5, 0.6) is 0 Å². The molecule has 0 saturated heterocycles. The molecule has 7 nitrogen and oxygen atoms in total. The highest BCUT2D eigenvalue weighted by atomic mass is 35.5. The Morgan fingerprint density at radius 1 is 0.707 bits per heavy atom. The largest absolute Gasteiger partial charge is 0.359 e. The van der Waals surface area contributed by atoms with Gasteiger partial charge in [0.15, 0.2) is 14.3 Å². The number of nitrogens with one attached hydrogen (secondary N) is 2. The Balaban J connectivity index is 1.98. The van der Waals surface area contributed by atoms with Gasteiger partial charge in [0, 0.05) is 5.69 Å². The number of para-hydroxylation sites is 1. The molecule has 218 valence electrons. The monoisotopic (exact) mass is 713 g/mol. The fourth-order valence-corrected chi connectivity index (χ4v) is 8.55. The SMILES string of the molecule is Cc1ccc(S(=O)(=O)/N=C2\C(Cl)=C(Cl)C(Nc3ccccc3)(NS(=O)(=O)c3ccc(C)cc3)C(Cl)(Cl)C2(Cl)Cl)cc1. The minimum Gasteiger partial charge on any atom is -0.359 e. The van der Waals surface area contributed by atoms with Gasteiger partial charge in [-0.3, -0.25) is 0 Å². The first-order chi connectivity index (χ1) is 18.9. The molecule has 1 aliphatic carbocycles. The number of hydrogen-bond donors (Lipinski definition) is 2. The maximum atomic E-state index is 13.7. The van der Waals surface area contributed by atoms with Crippen LogP contribution in [0, 0.1) is 13.8 Å². The first-order valence-electron chi connectivity index (χ1n) is 11.6. The van der Waals surface area contributed by atoms with Crippen LogP contribution >= 0.6 is 69.6 Å². The van der Waals surface area contributed by atoms with Gasteiger partial charge in [-0.15, -0.1) is 0 Å². The normalized spacial score (nSPS) is 21.6. The Hall–Kier alpha value is -1.53. The van der Waals surface area contributed by atoms with E-state index in [-0.39, 0.29) is 15.5 Å². The molecule has 4 rings (SSSR count). The molecule has 3 aromatic carbocycles. The number of nitrogens with zero attached hydrogens (tertiary/aromatic N) is 1. The third kappa shape index (κ3) is 5.98. The van der Waals surface area contributed by atoms with Crippen LogP contribution in [0.2, 0.25) is 0 Å². The van der Waals surface area contributed by atoms with Crippen molar-refractivity contribution in [2.24, 2.45) is 4.40 Å². The number of alkyl halides is 4. The van der Waals surface area contributed by atoms with Gasteiger partial charge >= 0.3 is 0 Å². The van der Waals surface area contributed by atoms with Crippen molar-refractivity contribution in [3.63, 3.8) is 0 Å². The summed E-state index contributed by atoms with van der Waals surface area (Å²) in [5.74, 6) is 0. The summed E-state index contributed by atoms with van der Waals surface area (Å²) in [4.78, 5) is -0.368. The number of sulfonamides is 2. The van der Waals surface area contributed by atoms with E-state index in [4.69, 9.17) is 69.6 Å². The molecule has 2 N–H and O–H groups in total. The van der Waals surface area contributed by atoms with Crippen LogP contribution < -0.4 is 10.0 Å². The molecule has 15 heteroatoms. The van der Waals surface area contributed by atoms with E-state index in [1.165, 1.54) is 24.3 Å². The number of allylic oxidation sites excluding steroid dienone is 1. The highest BCUT2D eigenvalue weighted by Gasteiger charge is 2.71. The summed E-state index contributed by atoms with van der Waals surface area (Å²) < 4.78 is 54.6. The van der Waals surface area contributed by atoms with E-state index in [0.717, 1.165) is 11.1 Å². The van der Waals surface area contributed by atoms with Crippen molar-refractivity contribution >= 4 is 101 Å². The lowest BCUT2D eigenvalue weighted by atomic mass is 9.91. The zero-order valence-electron chi connectivity index (χ0n) is 21.2. The summed E-state index contributed by atoms with van der Waals surface area (Å²) in [6, 6.07) is 19.8. The molecule has 1 atom stereocenters. The maximum absolute atomic E-state index is 13.7. The van der Waals surface area contributed by atoms with Gasteiger partial charge in [-0.25, -0.2) is 8.42 Å². The lowest BCUT2D eigenvalue weighted by Gasteiger charge is -2.51. The summed E-state index contributed by atoms with van der Waals surface area (Å²) in [7, 11) is -8.93.